The lowest BCUT2D eigenvalue weighted by Gasteiger charge is -2.21. The van der Waals surface area contributed by atoms with E-state index in [4.69, 9.17) is 16.7 Å². The standard InChI is InChI=1S/C15H16ClN3O2/c1-18-8-7-17-14(18)10-19(2)13-9-12(16)5-3-11(13)4-6-15(20)21/h3-9H,10H2,1-2H3,(H,20,21)/b6-4+. The Hall–Kier alpha value is -2.27. The van der Waals surface area contributed by atoms with Gasteiger partial charge in [-0.05, 0) is 23.8 Å². The fourth-order valence-corrected chi connectivity index (χ4v) is 2.16. The van der Waals surface area contributed by atoms with Crippen molar-refractivity contribution in [2.75, 3.05) is 11.9 Å². The van der Waals surface area contributed by atoms with E-state index in [1.165, 1.54) is 0 Å². The number of hydrogen-bond acceptors (Lipinski definition) is 3. The number of rotatable bonds is 5. The molecule has 0 atom stereocenters. The highest BCUT2D eigenvalue weighted by molar-refractivity contribution is 6.31. The fourth-order valence-electron chi connectivity index (χ4n) is 2.00. The first-order chi connectivity index (χ1) is 9.97. The van der Waals surface area contributed by atoms with Crippen molar-refractivity contribution in [1.82, 2.24) is 9.55 Å². The van der Waals surface area contributed by atoms with E-state index in [1.54, 1.807) is 24.4 Å². The average Bonchev–Trinajstić information content (AvgIpc) is 2.82. The molecule has 0 aliphatic rings. The number of carboxylic acids is 1. The van der Waals surface area contributed by atoms with Crippen LogP contribution in [0.25, 0.3) is 6.08 Å². The molecule has 1 N–H and O–H groups in total. The van der Waals surface area contributed by atoms with Crippen LogP contribution in [-0.4, -0.2) is 27.7 Å². The normalized spacial score (nSPS) is 11.0. The van der Waals surface area contributed by atoms with Crippen LogP contribution in [0.3, 0.4) is 0 Å². The average molecular weight is 306 g/mol. The minimum atomic E-state index is -0.984. The maximum Gasteiger partial charge on any atom is 0.328 e. The van der Waals surface area contributed by atoms with E-state index < -0.39 is 5.97 Å². The summed E-state index contributed by atoms with van der Waals surface area (Å²) in [6.45, 7) is 0.595. The van der Waals surface area contributed by atoms with Gasteiger partial charge in [-0.15, -0.1) is 0 Å². The van der Waals surface area contributed by atoms with Gasteiger partial charge in [0, 0.05) is 43.3 Å². The highest BCUT2D eigenvalue weighted by atomic mass is 35.5. The van der Waals surface area contributed by atoms with Crippen LogP contribution in [0.15, 0.2) is 36.7 Å². The molecule has 0 saturated carbocycles. The first-order valence-corrected chi connectivity index (χ1v) is 6.73. The Balaban J connectivity index is 2.30. The first-order valence-electron chi connectivity index (χ1n) is 6.35. The van der Waals surface area contributed by atoms with E-state index in [9.17, 15) is 4.79 Å². The minimum Gasteiger partial charge on any atom is -0.478 e. The van der Waals surface area contributed by atoms with Crippen LogP contribution < -0.4 is 4.90 Å². The number of carbonyl (C=O) groups is 1. The van der Waals surface area contributed by atoms with Crippen LogP contribution in [0.2, 0.25) is 5.02 Å². The molecule has 0 unspecified atom stereocenters. The summed E-state index contributed by atoms with van der Waals surface area (Å²) in [6, 6.07) is 5.35. The number of aryl methyl sites for hydroxylation is 1. The third-order valence-electron chi connectivity index (χ3n) is 3.11. The highest BCUT2D eigenvalue weighted by Crippen LogP contribution is 2.26. The number of halogens is 1. The lowest BCUT2D eigenvalue weighted by Crippen LogP contribution is -2.19. The third kappa shape index (κ3) is 3.86. The molecule has 0 radical (unpaired) electrons. The van der Waals surface area contributed by atoms with Gasteiger partial charge in [0.1, 0.15) is 5.82 Å². The lowest BCUT2D eigenvalue weighted by molar-refractivity contribution is -0.131. The summed E-state index contributed by atoms with van der Waals surface area (Å²) in [5.74, 6) is -0.0757. The van der Waals surface area contributed by atoms with Crippen LogP contribution in [0.4, 0.5) is 5.69 Å². The van der Waals surface area contributed by atoms with Crippen molar-refractivity contribution in [3.05, 3.63) is 53.1 Å². The van der Waals surface area contributed by atoms with Gasteiger partial charge in [0.25, 0.3) is 0 Å². The number of benzene rings is 1. The molecule has 21 heavy (non-hydrogen) atoms. The van der Waals surface area contributed by atoms with Gasteiger partial charge in [-0.1, -0.05) is 17.7 Å². The van der Waals surface area contributed by atoms with Gasteiger partial charge in [-0.3, -0.25) is 0 Å². The molecule has 0 aliphatic heterocycles. The van der Waals surface area contributed by atoms with E-state index >= 15 is 0 Å². The Morgan fingerprint density at radius 1 is 1.52 bits per heavy atom. The topological polar surface area (TPSA) is 58.4 Å². The summed E-state index contributed by atoms with van der Waals surface area (Å²) in [5.41, 5.74) is 1.64. The molecule has 2 rings (SSSR count). The summed E-state index contributed by atoms with van der Waals surface area (Å²) in [4.78, 5) is 16.9. The number of anilines is 1. The second-order valence-corrected chi connectivity index (χ2v) is 5.12. The predicted octanol–water partition coefficient (Wildman–Crippen LogP) is 2.81. The van der Waals surface area contributed by atoms with Gasteiger partial charge < -0.3 is 14.6 Å². The quantitative estimate of drug-likeness (QED) is 0.863. The maximum atomic E-state index is 10.7. The Bertz CT molecular complexity index is 679. The van der Waals surface area contributed by atoms with Gasteiger partial charge in [-0.2, -0.15) is 0 Å². The Labute approximate surface area is 128 Å². The van der Waals surface area contributed by atoms with Gasteiger partial charge in [-0.25, -0.2) is 9.78 Å². The molecule has 0 aliphatic carbocycles. The zero-order valence-corrected chi connectivity index (χ0v) is 12.6. The van der Waals surface area contributed by atoms with Crippen LogP contribution >= 0.6 is 11.6 Å². The van der Waals surface area contributed by atoms with E-state index in [1.807, 2.05) is 35.8 Å². The summed E-state index contributed by atoms with van der Waals surface area (Å²) >= 11 is 6.05. The van der Waals surface area contributed by atoms with Crippen LogP contribution in [-0.2, 0) is 18.4 Å². The molecule has 0 bridgehead atoms. The molecule has 1 heterocycles. The largest absolute Gasteiger partial charge is 0.478 e. The molecule has 6 heteroatoms. The Morgan fingerprint density at radius 3 is 2.90 bits per heavy atom. The van der Waals surface area contributed by atoms with Crippen LogP contribution in [0.1, 0.15) is 11.4 Å². The second kappa shape index (κ2) is 6.45. The summed E-state index contributed by atoms with van der Waals surface area (Å²) in [6.07, 6.45) is 6.29. The predicted molar refractivity (Wildman–Crippen MR) is 83.4 cm³/mol. The summed E-state index contributed by atoms with van der Waals surface area (Å²) < 4.78 is 1.94. The number of nitrogens with zero attached hydrogens (tertiary/aromatic N) is 3. The molecule has 1 aromatic heterocycles. The molecule has 0 fully saturated rings. The molecular weight excluding hydrogens is 290 g/mol. The monoisotopic (exact) mass is 305 g/mol. The Kier molecular flexibility index (Phi) is 4.65. The van der Waals surface area contributed by atoms with Gasteiger partial charge in [0.05, 0.1) is 6.54 Å². The van der Waals surface area contributed by atoms with Crippen LogP contribution in [0.5, 0.6) is 0 Å². The van der Waals surface area contributed by atoms with Crippen LogP contribution in [0, 0.1) is 0 Å². The third-order valence-corrected chi connectivity index (χ3v) is 3.34. The first kappa shape index (κ1) is 15.1. The zero-order valence-electron chi connectivity index (χ0n) is 11.8. The molecule has 0 spiro atoms. The Morgan fingerprint density at radius 2 is 2.29 bits per heavy atom. The molecular formula is C15H16ClN3O2. The summed E-state index contributed by atoms with van der Waals surface area (Å²) in [5, 5.41) is 9.36. The smallest absolute Gasteiger partial charge is 0.328 e. The zero-order chi connectivity index (χ0) is 15.4. The molecule has 2 aromatic rings. The molecule has 0 amide bonds. The van der Waals surface area contributed by atoms with Crippen molar-refractivity contribution in [3.63, 3.8) is 0 Å². The lowest BCUT2D eigenvalue weighted by atomic mass is 10.1. The minimum absolute atomic E-state index is 0.595. The van der Waals surface area contributed by atoms with E-state index in [2.05, 4.69) is 4.98 Å². The number of aliphatic carboxylic acids is 1. The summed E-state index contributed by atoms with van der Waals surface area (Å²) in [7, 11) is 3.85. The van der Waals surface area contributed by atoms with E-state index in [0.717, 1.165) is 23.2 Å². The van der Waals surface area contributed by atoms with Crippen molar-refractivity contribution in [3.8, 4) is 0 Å². The fraction of sp³-hybridized carbons (Fsp3) is 0.200. The molecule has 1 aromatic carbocycles. The van der Waals surface area contributed by atoms with Crippen molar-refractivity contribution in [2.24, 2.45) is 7.05 Å². The molecule has 5 nitrogen and oxygen atoms in total. The van der Waals surface area contributed by atoms with Gasteiger partial charge in [0.15, 0.2) is 0 Å². The van der Waals surface area contributed by atoms with E-state index in [-0.39, 0.29) is 0 Å². The van der Waals surface area contributed by atoms with Crippen molar-refractivity contribution in [2.45, 2.75) is 6.54 Å². The number of imidazole rings is 1. The van der Waals surface area contributed by atoms with Crippen molar-refractivity contribution < 1.29 is 9.90 Å². The van der Waals surface area contributed by atoms with Crippen molar-refractivity contribution in [1.29, 1.82) is 0 Å². The molecule has 110 valence electrons. The highest BCUT2D eigenvalue weighted by Gasteiger charge is 2.10. The SMILES string of the molecule is CN(Cc1nccn1C)c1cc(Cl)ccc1/C=C/C(=O)O. The molecule has 0 saturated heterocycles. The van der Waals surface area contributed by atoms with E-state index in [0.29, 0.717) is 11.6 Å². The van der Waals surface area contributed by atoms with Gasteiger partial charge in [0.2, 0.25) is 0 Å². The number of carboxylic acid groups (broad SMARTS) is 1. The second-order valence-electron chi connectivity index (χ2n) is 4.69. The van der Waals surface area contributed by atoms with Crippen molar-refractivity contribution >= 4 is 29.3 Å². The maximum absolute atomic E-state index is 10.7. The number of aromatic nitrogens is 2. The number of hydrogen-bond donors (Lipinski definition) is 1. The van der Waals surface area contributed by atoms with Gasteiger partial charge >= 0.3 is 5.97 Å².